The lowest BCUT2D eigenvalue weighted by molar-refractivity contribution is 0.0939. The molecule has 1 N–H and O–H groups in total. The van der Waals surface area contributed by atoms with Crippen molar-refractivity contribution in [2.75, 3.05) is 20.2 Å². The van der Waals surface area contributed by atoms with E-state index in [1.807, 2.05) is 37.3 Å². The van der Waals surface area contributed by atoms with Crippen LogP contribution in [0.5, 0.6) is 5.75 Å². The van der Waals surface area contributed by atoms with Gasteiger partial charge >= 0.3 is 0 Å². The molecule has 0 saturated carbocycles. The quantitative estimate of drug-likeness (QED) is 0.755. The van der Waals surface area contributed by atoms with E-state index in [1.54, 1.807) is 12.1 Å². The Morgan fingerprint density at radius 2 is 1.73 bits per heavy atom. The van der Waals surface area contributed by atoms with Crippen LogP contribution in [-0.2, 0) is 10.0 Å². The summed E-state index contributed by atoms with van der Waals surface area (Å²) in [5.41, 5.74) is 1.26. The van der Waals surface area contributed by atoms with Crippen LogP contribution in [0, 0.1) is 11.8 Å². The predicted molar refractivity (Wildman–Crippen MR) is 117 cm³/mol. The van der Waals surface area contributed by atoms with Crippen LogP contribution in [0.2, 0.25) is 0 Å². The fourth-order valence-electron chi connectivity index (χ4n) is 4.07. The van der Waals surface area contributed by atoms with Gasteiger partial charge in [-0.2, -0.15) is 4.31 Å². The maximum absolute atomic E-state index is 13.4. The molecule has 0 bridgehead atoms. The van der Waals surface area contributed by atoms with E-state index in [4.69, 9.17) is 4.74 Å². The third-order valence-corrected chi connectivity index (χ3v) is 7.38. The lowest BCUT2D eigenvalue weighted by atomic mass is 9.94. The number of piperidine rings is 1. The largest absolute Gasteiger partial charge is 0.495 e. The van der Waals surface area contributed by atoms with Crippen molar-refractivity contribution in [3.05, 3.63) is 59.7 Å². The first-order valence-electron chi connectivity index (χ1n) is 10.3. The fraction of sp³-hybridized carbons (Fsp3) is 0.435. The number of amides is 1. The molecule has 2 aromatic rings. The van der Waals surface area contributed by atoms with E-state index in [2.05, 4.69) is 19.2 Å². The Hall–Kier alpha value is -2.38. The van der Waals surface area contributed by atoms with Gasteiger partial charge in [0.2, 0.25) is 10.0 Å². The van der Waals surface area contributed by atoms with Gasteiger partial charge in [-0.15, -0.1) is 0 Å². The van der Waals surface area contributed by atoms with Crippen molar-refractivity contribution in [2.24, 2.45) is 11.8 Å². The van der Waals surface area contributed by atoms with Gasteiger partial charge in [-0.1, -0.05) is 44.2 Å². The highest BCUT2D eigenvalue weighted by molar-refractivity contribution is 7.89. The van der Waals surface area contributed by atoms with Crippen LogP contribution in [0.4, 0.5) is 0 Å². The summed E-state index contributed by atoms with van der Waals surface area (Å²) in [6.07, 6.45) is 1.00. The molecule has 1 aliphatic rings. The minimum absolute atomic E-state index is 0.0336. The Kier molecular flexibility index (Phi) is 6.83. The van der Waals surface area contributed by atoms with Gasteiger partial charge in [0.25, 0.3) is 5.91 Å². The summed E-state index contributed by atoms with van der Waals surface area (Å²) < 4.78 is 33.6. The number of methoxy groups -OCH3 is 1. The second-order valence-corrected chi connectivity index (χ2v) is 10.1. The normalized spacial score (nSPS) is 21.1. The first-order chi connectivity index (χ1) is 14.2. The van der Waals surface area contributed by atoms with Crippen LogP contribution in [-0.4, -0.2) is 38.8 Å². The summed E-state index contributed by atoms with van der Waals surface area (Å²) in [6, 6.07) is 14.0. The number of rotatable bonds is 6. The number of carbonyl (C=O) groups excluding carboxylic acids is 1. The molecule has 1 aliphatic heterocycles. The van der Waals surface area contributed by atoms with Gasteiger partial charge in [0.15, 0.2) is 0 Å². The number of ether oxygens (including phenoxy) is 1. The van der Waals surface area contributed by atoms with Crippen LogP contribution in [0.1, 0.15) is 49.2 Å². The number of hydrogen-bond donors (Lipinski definition) is 1. The minimum Gasteiger partial charge on any atom is -0.495 e. The van der Waals surface area contributed by atoms with Crippen molar-refractivity contribution in [2.45, 2.75) is 38.1 Å². The van der Waals surface area contributed by atoms with Crippen LogP contribution < -0.4 is 10.1 Å². The summed E-state index contributed by atoms with van der Waals surface area (Å²) in [5.74, 6) is 0.486. The second-order valence-electron chi connectivity index (χ2n) is 8.24. The SMILES string of the molecule is COc1ccc(C(=O)NC(C)c2ccccc2)cc1S(=O)(=O)N1CC(C)CC(C)C1. The number of nitrogens with one attached hydrogen (secondary N) is 1. The molecule has 3 atom stereocenters. The van der Waals surface area contributed by atoms with Crippen molar-refractivity contribution in [3.8, 4) is 5.75 Å². The van der Waals surface area contributed by atoms with Gasteiger partial charge in [-0.05, 0) is 48.9 Å². The van der Waals surface area contributed by atoms with Gasteiger partial charge in [0.1, 0.15) is 10.6 Å². The van der Waals surface area contributed by atoms with Gasteiger partial charge in [-0.3, -0.25) is 4.79 Å². The number of benzene rings is 2. The van der Waals surface area contributed by atoms with E-state index in [-0.39, 0.29) is 40.0 Å². The fourth-order valence-corrected chi connectivity index (χ4v) is 5.93. The Bertz CT molecular complexity index is 982. The topological polar surface area (TPSA) is 75.7 Å². The first-order valence-corrected chi connectivity index (χ1v) is 11.7. The number of carbonyl (C=O) groups is 1. The highest BCUT2D eigenvalue weighted by Crippen LogP contribution is 2.32. The Balaban J connectivity index is 1.89. The average Bonchev–Trinajstić information content (AvgIpc) is 2.73. The van der Waals surface area contributed by atoms with E-state index in [0.717, 1.165) is 12.0 Å². The maximum atomic E-state index is 13.4. The van der Waals surface area contributed by atoms with Gasteiger partial charge in [-0.25, -0.2) is 8.42 Å². The number of sulfonamides is 1. The Morgan fingerprint density at radius 1 is 1.10 bits per heavy atom. The molecule has 1 fully saturated rings. The molecule has 3 unspecified atom stereocenters. The molecule has 6 nitrogen and oxygen atoms in total. The molecular weight excluding hydrogens is 400 g/mol. The van der Waals surface area contributed by atoms with Crippen molar-refractivity contribution in [1.29, 1.82) is 0 Å². The molecule has 2 aromatic carbocycles. The summed E-state index contributed by atoms with van der Waals surface area (Å²) >= 11 is 0. The molecule has 1 saturated heterocycles. The second kappa shape index (κ2) is 9.18. The predicted octanol–water partition coefficient (Wildman–Crippen LogP) is 3.85. The smallest absolute Gasteiger partial charge is 0.251 e. The van der Waals surface area contributed by atoms with Crippen LogP contribution >= 0.6 is 0 Å². The molecule has 7 heteroatoms. The monoisotopic (exact) mass is 430 g/mol. The highest BCUT2D eigenvalue weighted by atomic mass is 32.2. The van der Waals surface area contributed by atoms with E-state index < -0.39 is 10.0 Å². The van der Waals surface area contributed by atoms with E-state index >= 15 is 0 Å². The van der Waals surface area contributed by atoms with Crippen molar-refractivity contribution in [1.82, 2.24) is 9.62 Å². The zero-order valence-electron chi connectivity index (χ0n) is 18.0. The Morgan fingerprint density at radius 3 is 2.33 bits per heavy atom. The maximum Gasteiger partial charge on any atom is 0.251 e. The molecule has 3 rings (SSSR count). The standard InChI is InChI=1S/C23H30N2O4S/c1-16-12-17(2)15-25(14-16)30(27,28)22-13-20(10-11-21(22)29-4)23(26)24-18(3)19-8-6-5-7-9-19/h5-11,13,16-18H,12,14-15H2,1-4H3,(H,24,26). The zero-order chi connectivity index (χ0) is 21.9. The average molecular weight is 431 g/mol. The summed E-state index contributed by atoms with van der Waals surface area (Å²) in [7, 11) is -2.34. The van der Waals surface area contributed by atoms with Gasteiger partial charge in [0, 0.05) is 18.7 Å². The molecule has 162 valence electrons. The minimum atomic E-state index is -3.78. The van der Waals surface area contributed by atoms with Gasteiger partial charge < -0.3 is 10.1 Å². The molecule has 1 amide bonds. The molecule has 0 radical (unpaired) electrons. The van der Waals surface area contributed by atoms with E-state index in [9.17, 15) is 13.2 Å². The third kappa shape index (κ3) is 4.84. The van der Waals surface area contributed by atoms with Crippen LogP contribution in [0.25, 0.3) is 0 Å². The van der Waals surface area contributed by atoms with E-state index in [1.165, 1.54) is 17.5 Å². The van der Waals surface area contributed by atoms with Crippen LogP contribution in [0.3, 0.4) is 0 Å². The summed E-state index contributed by atoms with van der Waals surface area (Å²) in [6.45, 7) is 6.95. The Labute approximate surface area is 179 Å². The number of nitrogens with zero attached hydrogens (tertiary/aromatic N) is 1. The molecule has 0 aromatic heterocycles. The summed E-state index contributed by atoms with van der Waals surface area (Å²) in [5, 5.41) is 2.93. The van der Waals surface area contributed by atoms with Crippen molar-refractivity contribution in [3.63, 3.8) is 0 Å². The molecule has 0 spiro atoms. The lowest BCUT2D eigenvalue weighted by Gasteiger charge is -2.34. The molecule has 1 heterocycles. The summed E-state index contributed by atoms with van der Waals surface area (Å²) in [4.78, 5) is 12.9. The van der Waals surface area contributed by atoms with Crippen molar-refractivity contribution < 1.29 is 17.9 Å². The molecule has 30 heavy (non-hydrogen) atoms. The van der Waals surface area contributed by atoms with Gasteiger partial charge in [0.05, 0.1) is 13.2 Å². The third-order valence-electron chi connectivity index (χ3n) is 5.53. The molecule has 0 aliphatic carbocycles. The lowest BCUT2D eigenvalue weighted by Crippen LogP contribution is -2.42. The van der Waals surface area contributed by atoms with E-state index in [0.29, 0.717) is 13.1 Å². The van der Waals surface area contributed by atoms with Crippen molar-refractivity contribution >= 4 is 15.9 Å². The molecular formula is C23H30N2O4S. The highest BCUT2D eigenvalue weighted by Gasteiger charge is 2.34. The number of hydrogen-bond acceptors (Lipinski definition) is 4. The zero-order valence-corrected chi connectivity index (χ0v) is 18.8. The first kappa shape index (κ1) is 22.3. The van der Waals surface area contributed by atoms with Crippen LogP contribution in [0.15, 0.2) is 53.4 Å².